The Balaban J connectivity index is 2.81. The molecular weight excluding hydrogens is 314 g/mol. The fraction of sp³-hybridized carbons (Fsp3) is 0.333. The van der Waals surface area contributed by atoms with Crippen LogP contribution in [0, 0.1) is 10.1 Å². The van der Waals surface area contributed by atoms with Crippen LogP contribution in [0.4, 0.5) is 5.69 Å². The summed E-state index contributed by atoms with van der Waals surface area (Å²) in [4.78, 5) is 9.71. The topological polar surface area (TPSA) is 86.5 Å². The molecule has 0 heterocycles. The summed E-state index contributed by atoms with van der Waals surface area (Å²) in [6.07, 6.45) is 0.562. The molecule has 1 rings (SSSR count). The van der Waals surface area contributed by atoms with Crippen molar-refractivity contribution in [3.05, 3.63) is 34.4 Å². The minimum atomic E-state index is -3.82. The van der Waals surface area contributed by atoms with Crippen LogP contribution >= 0.6 is 15.9 Å². The van der Waals surface area contributed by atoms with Crippen molar-refractivity contribution in [1.82, 2.24) is 0 Å². The summed E-state index contributed by atoms with van der Waals surface area (Å²) in [6, 6.07) is 4.56. The molecule has 0 radical (unpaired) electrons. The van der Waals surface area contributed by atoms with Gasteiger partial charge in [-0.1, -0.05) is 15.9 Å². The normalized spacial score (nSPS) is 11.4. The molecule has 0 spiro atoms. The van der Waals surface area contributed by atoms with Crippen molar-refractivity contribution in [3.63, 3.8) is 0 Å². The number of hydrogen-bond donors (Lipinski definition) is 0. The van der Waals surface area contributed by atoms with Gasteiger partial charge >= 0.3 is 0 Å². The zero-order valence-electron chi connectivity index (χ0n) is 8.71. The van der Waals surface area contributed by atoms with E-state index in [0.717, 1.165) is 24.3 Å². The highest BCUT2D eigenvalue weighted by Gasteiger charge is 2.16. The molecule has 0 aliphatic heterocycles. The van der Waals surface area contributed by atoms with Crippen molar-refractivity contribution < 1.29 is 17.5 Å². The summed E-state index contributed by atoms with van der Waals surface area (Å²) in [7, 11) is -3.82. The first-order valence-corrected chi connectivity index (χ1v) is 7.20. The van der Waals surface area contributed by atoms with Gasteiger partial charge in [-0.05, 0) is 18.6 Å². The first-order chi connectivity index (χ1) is 7.97. The van der Waals surface area contributed by atoms with E-state index in [1.807, 2.05) is 0 Å². The molecule has 17 heavy (non-hydrogen) atoms. The fourth-order valence-electron chi connectivity index (χ4n) is 1.03. The van der Waals surface area contributed by atoms with Gasteiger partial charge in [0.2, 0.25) is 0 Å². The summed E-state index contributed by atoms with van der Waals surface area (Å²) < 4.78 is 27.9. The molecule has 94 valence electrons. The highest BCUT2D eigenvalue weighted by Crippen LogP contribution is 2.17. The standard InChI is InChI=1S/C9H10BrNO5S/c10-6-1-7-16-17(14,15)9-4-2-8(3-5-9)11(12)13/h2-5H,1,6-7H2. The Morgan fingerprint density at radius 3 is 2.35 bits per heavy atom. The fourth-order valence-corrected chi connectivity index (χ4v) is 2.20. The van der Waals surface area contributed by atoms with E-state index in [1.54, 1.807) is 0 Å². The molecule has 0 unspecified atom stereocenters. The minimum Gasteiger partial charge on any atom is -0.266 e. The van der Waals surface area contributed by atoms with E-state index in [1.165, 1.54) is 0 Å². The zero-order valence-corrected chi connectivity index (χ0v) is 11.1. The highest BCUT2D eigenvalue weighted by molar-refractivity contribution is 9.09. The van der Waals surface area contributed by atoms with Gasteiger partial charge in [-0.15, -0.1) is 0 Å². The lowest BCUT2D eigenvalue weighted by Gasteiger charge is -2.04. The molecule has 0 aromatic heterocycles. The molecular formula is C9H10BrNO5S. The number of nitro benzene ring substituents is 1. The van der Waals surface area contributed by atoms with Gasteiger partial charge < -0.3 is 0 Å². The summed E-state index contributed by atoms with van der Waals surface area (Å²) in [5, 5.41) is 11.0. The van der Waals surface area contributed by atoms with E-state index in [2.05, 4.69) is 15.9 Å². The van der Waals surface area contributed by atoms with Crippen molar-refractivity contribution in [2.24, 2.45) is 0 Å². The first kappa shape index (κ1) is 14.1. The zero-order chi connectivity index (χ0) is 12.9. The van der Waals surface area contributed by atoms with Crippen molar-refractivity contribution in [3.8, 4) is 0 Å². The van der Waals surface area contributed by atoms with E-state index in [-0.39, 0.29) is 17.2 Å². The van der Waals surface area contributed by atoms with Crippen molar-refractivity contribution in [1.29, 1.82) is 0 Å². The average molecular weight is 324 g/mol. The third-order valence-electron chi connectivity index (χ3n) is 1.85. The lowest BCUT2D eigenvalue weighted by Crippen LogP contribution is -2.07. The number of nitro groups is 1. The molecule has 0 aliphatic rings. The Kier molecular flexibility index (Phi) is 5.03. The molecule has 6 nitrogen and oxygen atoms in total. The molecule has 0 aliphatic carbocycles. The highest BCUT2D eigenvalue weighted by atomic mass is 79.9. The second-order valence-electron chi connectivity index (χ2n) is 3.07. The van der Waals surface area contributed by atoms with Crippen LogP contribution in [-0.2, 0) is 14.3 Å². The number of rotatable bonds is 6. The average Bonchev–Trinajstić information content (AvgIpc) is 2.29. The van der Waals surface area contributed by atoms with Gasteiger partial charge in [-0.25, -0.2) is 0 Å². The van der Waals surface area contributed by atoms with Gasteiger partial charge in [0.1, 0.15) is 0 Å². The predicted molar refractivity (Wildman–Crippen MR) is 64.6 cm³/mol. The number of nitrogens with zero attached hydrogens (tertiary/aromatic N) is 1. The van der Waals surface area contributed by atoms with E-state index >= 15 is 0 Å². The smallest absolute Gasteiger partial charge is 0.266 e. The van der Waals surface area contributed by atoms with Crippen LogP contribution in [-0.4, -0.2) is 25.3 Å². The van der Waals surface area contributed by atoms with Crippen molar-refractivity contribution in [2.75, 3.05) is 11.9 Å². The molecule has 0 bridgehead atoms. The first-order valence-electron chi connectivity index (χ1n) is 4.67. The lowest BCUT2D eigenvalue weighted by molar-refractivity contribution is -0.384. The summed E-state index contributed by atoms with van der Waals surface area (Å²) in [6.45, 7) is 0.0740. The number of halogens is 1. The molecule has 0 saturated heterocycles. The second-order valence-corrected chi connectivity index (χ2v) is 5.48. The SMILES string of the molecule is O=[N+]([O-])c1ccc(S(=O)(=O)OCCCBr)cc1. The van der Waals surface area contributed by atoms with E-state index in [4.69, 9.17) is 4.18 Å². The number of benzene rings is 1. The maximum Gasteiger partial charge on any atom is 0.296 e. The molecule has 0 atom stereocenters. The molecule has 0 N–H and O–H groups in total. The largest absolute Gasteiger partial charge is 0.296 e. The summed E-state index contributed by atoms with van der Waals surface area (Å²) >= 11 is 3.15. The van der Waals surface area contributed by atoms with Crippen LogP contribution in [0.15, 0.2) is 29.2 Å². The third kappa shape index (κ3) is 4.06. The molecule has 1 aromatic rings. The van der Waals surface area contributed by atoms with Crippen molar-refractivity contribution in [2.45, 2.75) is 11.3 Å². The van der Waals surface area contributed by atoms with Gasteiger partial charge in [0.25, 0.3) is 15.8 Å². The third-order valence-corrected chi connectivity index (χ3v) is 3.74. The number of alkyl halides is 1. The molecule has 8 heteroatoms. The number of hydrogen-bond acceptors (Lipinski definition) is 5. The van der Waals surface area contributed by atoms with Gasteiger partial charge in [0, 0.05) is 17.5 Å². The van der Waals surface area contributed by atoms with Crippen LogP contribution in [0.25, 0.3) is 0 Å². The van der Waals surface area contributed by atoms with E-state index in [0.29, 0.717) is 11.8 Å². The Morgan fingerprint density at radius 2 is 1.88 bits per heavy atom. The molecule has 1 aromatic carbocycles. The van der Waals surface area contributed by atoms with Crippen LogP contribution in [0.2, 0.25) is 0 Å². The van der Waals surface area contributed by atoms with Gasteiger partial charge in [-0.3, -0.25) is 14.3 Å². The van der Waals surface area contributed by atoms with Crippen LogP contribution in [0.3, 0.4) is 0 Å². The Morgan fingerprint density at radius 1 is 1.29 bits per heavy atom. The molecule has 0 amide bonds. The molecule has 0 fully saturated rings. The summed E-state index contributed by atoms with van der Waals surface area (Å²) in [5.41, 5.74) is -0.163. The Hall–Kier alpha value is -0.990. The van der Waals surface area contributed by atoms with Crippen LogP contribution in [0.1, 0.15) is 6.42 Å². The van der Waals surface area contributed by atoms with E-state index < -0.39 is 15.0 Å². The number of non-ortho nitro benzene ring substituents is 1. The van der Waals surface area contributed by atoms with Crippen molar-refractivity contribution >= 4 is 31.7 Å². The van der Waals surface area contributed by atoms with Crippen LogP contribution in [0.5, 0.6) is 0 Å². The van der Waals surface area contributed by atoms with Gasteiger partial charge in [0.15, 0.2) is 0 Å². The Labute approximate surface area is 107 Å². The lowest BCUT2D eigenvalue weighted by atomic mass is 10.3. The monoisotopic (exact) mass is 323 g/mol. The molecule has 0 saturated carbocycles. The van der Waals surface area contributed by atoms with E-state index in [9.17, 15) is 18.5 Å². The quantitative estimate of drug-likeness (QED) is 0.263. The predicted octanol–water partition coefficient (Wildman–Crippen LogP) is 2.09. The van der Waals surface area contributed by atoms with Gasteiger partial charge in [0.05, 0.1) is 16.4 Å². The van der Waals surface area contributed by atoms with Gasteiger partial charge in [-0.2, -0.15) is 8.42 Å². The maximum absolute atomic E-state index is 11.6. The Bertz CT molecular complexity index is 485. The van der Waals surface area contributed by atoms with Crippen LogP contribution < -0.4 is 0 Å². The minimum absolute atomic E-state index is 0.0740. The maximum atomic E-state index is 11.6. The summed E-state index contributed by atoms with van der Waals surface area (Å²) in [5.74, 6) is 0. The second kappa shape index (κ2) is 6.08.